The summed E-state index contributed by atoms with van der Waals surface area (Å²) < 4.78 is 5.48. The summed E-state index contributed by atoms with van der Waals surface area (Å²) >= 11 is 0. The maximum Gasteiger partial charge on any atom is 0.0726 e. The average molecular weight is 270 g/mol. The predicted molar refractivity (Wildman–Crippen MR) is 83.4 cm³/mol. The molecule has 0 atom stereocenters. The molecule has 1 aromatic carbocycles. The van der Waals surface area contributed by atoms with Crippen molar-refractivity contribution in [3.63, 3.8) is 0 Å². The first-order valence-electron chi connectivity index (χ1n) is 7.49. The van der Waals surface area contributed by atoms with Gasteiger partial charge in [0.05, 0.1) is 5.52 Å². The maximum atomic E-state index is 5.48. The summed E-state index contributed by atoms with van der Waals surface area (Å²) in [5.41, 5.74) is 3.57. The van der Waals surface area contributed by atoms with Gasteiger partial charge in [-0.3, -0.25) is 4.98 Å². The van der Waals surface area contributed by atoms with Gasteiger partial charge in [-0.25, -0.2) is 0 Å². The highest BCUT2D eigenvalue weighted by atomic mass is 16.5. The fourth-order valence-electron chi connectivity index (χ4n) is 2.95. The lowest BCUT2D eigenvalue weighted by Gasteiger charge is -2.33. The summed E-state index contributed by atoms with van der Waals surface area (Å²) in [6.45, 7) is 3.91. The van der Waals surface area contributed by atoms with E-state index in [4.69, 9.17) is 9.72 Å². The molecule has 3 nitrogen and oxygen atoms in total. The highest BCUT2D eigenvalue weighted by molar-refractivity contribution is 5.92. The van der Waals surface area contributed by atoms with E-state index in [1.54, 1.807) is 0 Å². The molecule has 1 aromatic heterocycles. The van der Waals surface area contributed by atoms with Gasteiger partial charge in [-0.05, 0) is 31.4 Å². The number of pyridine rings is 1. The fourth-order valence-corrected chi connectivity index (χ4v) is 2.95. The number of rotatable bonds is 3. The number of aromatic nitrogens is 1. The van der Waals surface area contributed by atoms with Crippen molar-refractivity contribution >= 4 is 16.6 Å². The monoisotopic (exact) mass is 270 g/mol. The maximum absolute atomic E-state index is 5.48. The highest BCUT2D eigenvalue weighted by Gasteiger charge is 2.20. The molecule has 0 N–H and O–H groups in total. The Labute approximate surface area is 120 Å². The molecule has 0 saturated carbocycles. The molecule has 0 bridgehead atoms. The standard InChI is InChI=1S/C17H22N2O/c1-3-13-12-17(15-6-4-5-7-16(15)18-13)19(2)14-8-10-20-11-9-14/h4-7,12,14H,3,8-11H2,1-2H3. The average Bonchev–Trinajstić information content (AvgIpc) is 2.54. The van der Waals surface area contributed by atoms with Crippen LogP contribution in [0.5, 0.6) is 0 Å². The van der Waals surface area contributed by atoms with Crippen LogP contribution in [0.1, 0.15) is 25.5 Å². The van der Waals surface area contributed by atoms with Crippen LogP contribution >= 0.6 is 0 Å². The van der Waals surface area contributed by atoms with Gasteiger partial charge in [0, 0.05) is 43.1 Å². The van der Waals surface area contributed by atoms with Crippen molar-refractivity contribution in [2.75, 3.05) is 25.2 Å². The lowest BCUT2D eigenvalue weighted by atomic mass is 10.0. The molecule has 106 valence electrons. The summed E-state index contributed by atoms with van der Waals surface area (Å²) in [5.74, 6) is 0. The fraction of sp³-hybridized carbons (Fsp3) is 0.471. The minimum atomic E-state index is 0.569. The van der Waals surface area contributed by atoms with Crippen molar-refractivity contribution in [1.82, 2.24) is 4.98 Å². The van der Waals surface area contributed by atoms with E-state index in [9.17, 15) is 0 Å². The normalized spacial score (nSPS) is 16.5. The Balaban J connectivity index is 2.04. The molecule has 0 radical (unpaired) electrons. The molecule has 2 heterocycles. The number of fused-ring (bicyclic) bond motifs is 1. The molecular formula is C17H22N2O. The Bertz CT molecular complexity index is 591. The Morgan fingerprint density at radius 3 is 2.75 bits per heavy atom. The van der Waals surface area contributed by atoms with Gasteiger partial charge in [-0.15, -0.1) is 0 Å². The van der Waals surface area contributed by atoms with Crippen LogP contribution in [0.2, 0.25) is 0 Å². The topological polar surface area (TPSA) is 25.4 Å². The number of benzene rings is 1. The molecule has 20 heavy (non-hydrogen) atoms. The van der Waals surface area contributed by atoms with Crippen molar-refractivity contribution in [3.05, 3.63) is 36.0 Å². The first-order valence-corrected chi connectivity index (χ1v) is 7.49. The summed E-state index contributed by atoms with van der Waals surface area (Å²) in [7, 11) is 2.21. The first-order chi connectivity index (χ1) is 9.79. The molecule has 0 spiro atoms. The second-order valence-corrected chi connectivity index (χ2v) is 5.46. The van der Waals surface area contributed by atoms with E-state index in [0.29, 0.717) is 6.04 Å². The molecule has 1 aliphatic rings. The van der Waals surface area contributed by atoms with Crippen LogP contribution in [0, 0.1) is 0 Å². The molecule has 0 amide bonds. The van der Waals surface area contributed by atoms with Gasteiger partial charge in [0.15, 0.2) is 0 Å². The van der Waals surface area contributed by atoms with E-state index in [1.165, 1.54) is 11.1 Å². The van der Waals surface area contributed by atoms with Crippen molar-refractivity contribution in [2.24, 2.45) is 0 Å². The van der Waals surface area contributed by atoms with Gasteiger partial charge in [0.25, 0.3) is 0 Å². The predicted octanol–water partition coefficient (Wildman–Crippen LogP) is 3.41. The molecule has 0 aliphatic carbocycles. The molecular weight excluding hydrogens is 248 g/mol. The van der Waals surface area contributed by atoms with Gasteiger partial charge in [-0.1, -0.05) is 25.1 Å². The number of anilines is 1. The van der Waals surface area contributed by atoms with Crippen LogP contribution in [-0.2, 0) is 11.2 Å². The minimum Gasteiger partial charge on any atom is -0.381 e. The molecule has 1 aliphatic heterocycles. The number of para-hydroxylation sites is 1. The van der Waals surface area contributed by atoms with Gasteiger partial charge in [0.2, 0.25) is 0 Å². The van der Waals surface area contributed by atoms with Gasteiger partial charge in [0.1, 0.15) is 0 Å². The Hall–Kier alpha value is -1.61. The van der Waals surface area contributed by atoms with Crippen LogP contribution in [0.4, 0.5) is 5.69 Å². The van der Waals surface area contributed by atoms with Gasteiger partial charge >= 0.3 is 0 Å². The van der Waals surface area contributed by atoms with Crippen molar-refractivity contribution < 1.29 is 4.74 Å². The molecule has 2 aromatic rings. The lowest BCUT2D eigenvalue weighted by molar-refractivity contribution is 0.0855. The van der Waals surface area contributed by atoms with E-state index < -0.39 is 0 Å². The van der Waals surface area contributed by atoms with Crippen LogP contribution in [0.3, 0.4) is 0 Å². The third kappa shape index (κ3) is 2.50. The van der Waals surface area contributed by atoms with Crippen molar-refractivity contribution in [1.29, 1.82) is 0 Å². The van der Waals surface area contributed by atoms with Crippen LogP contribution in [0.15, 0.2) is 30.3 Å². The third-order valence-corrected chi connectivity index (χ3v) is 4.23. The highest BCUT2D eigenvalue weighted by Crippen LogP contribution is 2.29. The Morgan fingerprint density at radius 1 is 1.25 bits per heavy atom. The minimum absolute atomic E-state index is 0.569. The molecule has 1 fully saturated rings. The Kier molecular flexibility index (Phi) is 3.88. The second-order valence-electron chi connectivity index (χ2n) is 5.46. The smallest absolute Gasteiger partial charge is 0.0726 e. The summed E-state index contributed by atoms with van der Waals surface area (Å²) in [6, 6.07) is 11.3. The summed E-state index contributed by atoms with van der Waals surface area (Å²) in [5, 5.41) is 1.25. The van der Waals surface area contributed by atoms with E-state index in [-0.39, 0.29) is 0 Å². The first kappa shape index (κ1) is 13.4. The SMILES string of the molecule is CCc1cc(N(C)C2CCOCC2)c2ccccc2n1. The second kappa shape index (κ2) is 5.80. The van der Waals surface area contributed by atoms with E-state index in [1.807, 2.05) is 0 Å². The number of nitrogens with zero attached hydrogens (tertiary/aromatic N) is 2. The number of ether oxygens (including phenoxy) is 1. The van der Waals surface area contributed by atoms with Crippen molar-refractivity contribution in [2.45, 2.75) is 32.2 Å². The molecule has 3 rings (SSSR count). The molecule has 0 unspecified atom stereocenters. The van der Waals surface area contributed by atoms with Gasteiger partial charge < -0.3 is 9.64 Å². The summed E-state index contributed by atoms with van der Waals surface area (Å²) in [6.07, 6.45) is 3.18. The zero-order valence-electron chi connectivity index (χ0n) is 12.3. The quantitative estimate of drug-likeness (QED) is 0.854. The van der Waals surface area contributed by atoms with E-state index >= 15 is 0 Å². The van der Waals surface area contributed by atoms with Crippen LogP contribution in [-0.4, -0.2) is 31.3 Å². The van der Waals surface area contributed by atoms with Crippen molar-refractivity contribution in [3.8, 4) is 0 Å². The third-order valence-electron chi connectivity index (χ3n) is 4.23. The molecule has 1 saturated heterocycles. The number of aryl methyl sites for hydroxylation is 1. The Morgan fingerprint density at radius 2 is 2.00 bits per heavy atom. The summed E-state index contributed by atoms with van der Waals surface area (Å²) in [4.78, 5) is 7.15. The lowest BCUT2D eigenvalue weighted by Crippen LogP contribution is -2.36. The number of hydrogen-bond donors (Lipinski definition) is 0. The number of hydrogen-bond acceptors (Lipinski definition) is 3. The van der Waals surface area contributed by atoms with Crippen LogP contribution in [0.25, 0.3) is 10.9 Å². The zero-order chi connectivity index (χ0) is 13.9. The zero-order valence-corrected chi connectivity index (χ0v) is 12.3. The van der Waals surface area contributed by atoms with Gasteiger partial charge in [-0.2, -0.15) is 0 Å². The van der Waals surface area contributed by atoms with E-state index in [2.05, 4.69) is 49.2 Å². The van der Waals surface area contributed by atoms with E-state index in [0.717, 1.165) is 43.7 Å². The van der Waals surface area contributed by atoms with Crippen LogP contribution < -0.4 is 4.90 Å². The largest absolute Gasteiger partial charge is 0.381 e. The molecule has 3 heteroatoms.